The summed E-state index contributed by atoms with van der Waals surface area (Å²) in [7, 11) is 0. The van der Waals surface area contributed by atoms with E-state index in [1.54, 1.807) is 0 Å². The quantitative estimate of drug-likeness (QED) is 0.581. The van der Waals surface area contributed by atoms with Gasteiger partial charge in [0.1, 0.15) is 16.9 Å². The zero-order chi connectivity index (χ0) is 23.3. The number of ether oxygens (including phenoxy) is 2. The summed E-state index contributed by atoms with van der Waals surface area (Å²) in [6.45, 7) is 7.69. The summed E-state index contributed by atoms with van der Waals surface area (Å²) in [6, 6.07) is 11.4. The van der Waals surface area contributed by atoms with Crippen molar-refractivity contribution in [1.29, 1.82) is 0 Å². The van der Waals surface area contributed by atoms with Crippen LogP contribution in [0, 0.1) is 13.8 Å². The van der Waals surface area contributed by atoms with E-state index in [0.717, 1.165) is 27.5 Å². The molecular weight excluding hydrogens is 450 g/mol. The molecule has 0 bridgehead atoms. The number of aryl methyl sites for hydroxylation is 2. The van der Waals surface area contributed by atoms with E-state index in [0.29, 0.717) is 30.6 Å². The molecule has 2 aromatic carbocycles. The molecule has 7 nitrogen and oxygen atoms in total. The molecule has 1 aliphatic heterocycles. The van der Waals surface area contributed by atoms with Crippen LogP contribution >= 0.6 is 23.4 Å². The number of rotatable bonds is 7. The number of carbonyl (C=O) groups is 2. The second-order valence-electron chi connectivity index (χ2n) is 7.38. The lowest BCUT2D eigenvalue weighted by Crippen LogP contribution is -2.25. The molecule has 0 saturated heterocycles. The van der Waals surface area contributed by atoms with Gasteiger partial charge in [0.2, 0.25) is 11.8 Å². The lowest BCUT2D eigenvalue weighted by Gasteiger charge is -2.21. The molecule has 1 atom stereocenters. The predicted octanol–water partition coefficient (Wildman–Crippen LogP) is 4.81. The summed E-state index contributed by atoms with van der Waals surface area (Å²) in [6.07, 6.45) is 0.678. The number of para-hydroxylation sites is 1. The van der Waals surface area contributed by atoms with Crippen LogP contribution in [0.3, 0.4) is 0 Å². The van der Waals surface area contributed by atoms with Crippen molar-refractivity contribution in [2.45, 2.75) is 39.5 Å². The molecule has 2 amide bonds. The minimum atomic E-state index is -0.415. The van der Waals surface area contributed by atoms with E-state index in [2.05, 4.69) is 10.4 Å². The van der Waals surface area contributed by atoms with Gasteiger partial charge in [-0.3, -0.25) is 9.59 Å². The van der Waals surface area contributed by atoms with Gasteiger partial charge in [-0.2, -0.15) is 0 Å². The van der Waals surface area contributed by atoms with E-state index < -0.39 is 5.37 Å². The molecule has 2 aromatic rings. The van der Waals surface area contributed by atoms with Crippen molar-refractivity contribution in [3.8, 4) is 11.5 Å². The third-order valence-corrected chi connectivity index (χ3v) is 6.34. The Morgan fingerprint density at radius 2 is 1.78 bits per heavy atom. The average molecular weight is 476 g/mol. The Balaban J connectivity index is 1.60. The van der Waals surface area contributed by atoms with Gasteiger partial charge in [0, 0.05) is 30.9 Å². The van der Waals surface area contributed by atoms with Gasteiger partial charge in [-0.25, -0.2) is 5.01 Å². The van der Waals surface area contributed by atoms with Crippen LogP contribution in [0.15, 0.2) is 41.5 Å². The number of carbonyl (C=O) groups excluding carboxylic acids is 2. The fraction of sp³-hybridized carbons (Fsp3) is 0.348. The first-order valence-electron chi connectivity index (χ1n) is 10.2. The topological polar surface area (TPSA) is 80.2 Å². The number of amidine groups is 1. The maximum Gasteiger partial charge on any atom is 0.241 e. The van der Waals surface area contributed by atoms with Gasteiger partial charge in [0.05, 0.1) is 13.2 Å². The summed E-state index contributed by atoms with van der Waals surface area (Å²) in [5, 5.41) is 8.96. The number of hydrogen-bond donors (Lipinski definition) is 1. The molecule has 1 unspecified atom stereocenters. The van der Waals surface area contributed by atoms with Crippen molar-refractivity contribution < 1.29 is 19.1 Å². The summed E-state index contributed by atoms with van der Waals surface area (Å²) in [5.41, 5.74) is 2.77. The summed E-state index contributed by atoms with van der Waals surface area (Å²) < 4.78 is 11.8. The molecule has 0 saturated carbocycles. The highest BCUT2D eigenvalue weighted by molar-refractivity contribution is 8.14. The Morgan fingerprint density at radius 3 is 2.44 bits per heavy atom. The molecule has 0 radical (unpaired) electrons. The van der Waals surface area contributed by atoms with E-state index in [1.165, 1.54) is 30.6 Å². The molecule has 1 N–H and O–H groups in total. The number of hydrazone groups is 1. The van der Waals surface area contributed by atoms with Crippen molar-refractivity contribution >= 4 is 40.3 Å². The molecule has 170 valence electrons. The normalized spacial score (nSPS) is 15.3. The lowest BCUT2D eigenvalue weighted by molar-refractivity contribution is -0.129. The number of nitrogens with one attached hydrogen (secondary N) is 1. The van der Waals surface area contributed by atoms with Crippen LogP contribution in [0.1, 0.15) is 42.3 Å². The number of amides is 2. The first-order valence-corrected chi connectivity index (χ1v) is 11.5. The molecule has 0 aromatic heterocycles. The summed E-state index contributed by atoms with van der Waals surface area (Å²) in [5.74, 6) is 0.983. The van der Waals surface area contributed by atoms with Crippen molar-refractivity contribution in [2.24, 2.45) is 5.10 Å². The number of halogens is 1. The molecule has 9 heteroatoms. The van der Waals surface area contributed by atoms with Crippen LogP contribution < -0.4 is 14.8 Å². The van der Waals surface area contributed by atoms with Crippen LogP contribution in [0.5, 0.6) is 11.5 Å². The largest absolute Gasteiger partial charge is 0.493 e. The highest BCUT2D eigenvalue weighted by Gasteiger charge is 2.34. The van der Waals surface area contributed by atoms with Gasteiger partial charge in [-0.05, 0) is 43.2 Å². The summed E-state index contributed by atoms with van der Waals surface area (Å²) >= 11 is 7.50. The minimum Gasteiger partial charge on any atom is -0.493 e. The van der Waals surface area contributed by atoms with Crippen LogP contribution in [-0.4, -0.2) is 35.2 Å². The Hall–Kier alpha value is -2.71. The van der Waals surface area contributed by atoms with Crippen LogP contribution in [0.25, 0.3) is 0 Å². The van der Waals surface area contributed by atoms with Gasteiger partial charge in [0.15, 0.2) is 5.17 Å². The second kappa shape index (κ2) is 10.7. The number of thioether (sulfide) groups is 1. The summed E-state index contributed by atoms with van der Waals surface area (Å²) in [4.78, 5) is 23.5. The monoisotopic (exact) mass is 475 g/mol. The molecule has 32 heavy (non-hydrogen) atoms. The molecule has 1 heterocycles. The van der Waals surface area contributed by atoms with Gasteiger partial charge in [0.25, 0.3) is 0 Å². The molecular formula is C23H26ClN3O4S. The maximum absolute atomic E-state index is 12.1. The van der Waals surface area contributed by atoms with Gasteiger partial charge >= 0.3 is 0 Å². The first-order chi connectivity index (χ1) is 15.3. The Bertz CT molecular complexity index is 1020. The molecule has 1 aliphatic rings. The van der Waals surface area contributed by atoms with Crippen molar-refractivity contribution in [1.82, 2.24) is 10.3 Å². The third kappa shape index (κ3) is 5.95. The smallest absolute Gasteiger partial charge is 0.241 e. The van der Waals surface area contributed by atoms with Crippen molar-refractivity contribution in [3.05, 3.63) is 58.1 Å². The maximum atomic E-state index is 12.1. The zero-order valence-electron chi connectivity index (χ0n) is 18.5. The SMILES string of the molecule is CC(=O)NC1=NN(C(C)=O)C(c2ccccc2OCCCOc2cc(C)c(Cl)c(C)c2)S1. The van der Waals surface area contributed by atoms with E-state index in [-0.39, 0.29) is 11.8 Å². The number of hydrogen-bond acceptors (Lipinski definition) is 6. The minimum absolute atomic E-state index is 0.223. The van der Waals surface area contributed by atoms with Crippen molar-refractivity contribution in [2.75, 3.05) is 13.2 Å². The molecule has 3 rings (SSSR count). The fourth-order valence-corrected chi connectivity index (χ4v) is 4.48. The van der Waals surface area contributed by atoms with E-state index in [9.17, 15) is 9.59 Å². The van der Waals surface area contributed by atoms with E-state index in [4.69, 9.17) is 21.1 Å². The van der Waals surface area contributed by atoms with Gasteiger partial charge < -0.3 is 14.8 Å². The lowest BCUT2D eigenvalue weighted by atomic mass is 10.1. The Kier molecular flexibility index (Phi) is 8.04. The zero-order valence-corrected chi connectivity index (χ0v) is 20.0. The third-order valence-electron chi connectivity index (χ3n) is 4.66. The fourth-order valence-electron chi connectivity index (χ4n) is 3.20. The standard InChI is InChI=1S/C23H26ClN3O4S/c1-14-12-18(13-15(2)21(14)24)30-10-7-11-31-20-9-6-5-8-19(20)22-27(17(4)29)26-23(32-22)25-16(3)28/h5-6,8-9,12-13,22H,7,10-11H2,1-4H3,(H,25,26,28). The van der Waals surface area contributed by atoms with Crippen LogP contribution in [-0.2, 0) is 9.59 Å². The van der Waals surface area contributed by atoms with Crippen molar-refractivity contribution in [3.63, 3.8) is 0 Å². The Labute approximate surface area is 197 Å². The Morgan fingerprint density at radius 1 is 1.12 bits per heavy atom. The van der Waals surface area contributed by atoms with E-state index >= 15 is 0 Å². The number of benzene rings is 2. The first kappa shape index (κ1) is 23.9. The second-order valence-corrected chi connectivity index (χ2v) is 8.83. The number of nitrogens with zero attached hydrogens (tertiary/aromatic N) is 2. The van der Waals surface area contributed by atoms with Gasteiger partial charge in [-0.15, -0.1) is 5.10 Å². The predicted molar refractivity (Wildman–Crippen MR) is 127 cm³/mol. The average Bonchev–Trinajstić information content (AvgIpc) is 3.15. The molecule has 0 spiro atoms. The van der Waals surface area contributed by atoms with Crippen LogP contribution in [0.4, 0.5) is 0 Å². The molecule has 0 fully saturated rings. The molecule has 0 aliphatic carbocycles. The highest BCUT2D eigenvalue weighted by atomic mass is 35.5. The van der Waals surface area contributed by atoms with E-state index in [1.807, 2.05) is 50.2 Å². The van der Waals surface area contributed by atoms with Gasteiger partial charge in [-0.1, -0.05) is 41.6 Å². The highest BCUT2D eigenvalue weighted by Crippen LogP contribution is 2.42. The van der Waals surface area contributed by atoms with Crippen LogP contribution in [0.2, 0.25) is 5.02 Å².